The van der Waals surface area contributed by atoms with Gasteiger partial charge in [0.15, 0.2) is 6.61 Å². The van der Waals surface area contributed by atoms with Gasteiger partial charge in [-0.1, -0.05) is 12.1 Å². The first-order chi connectivity index (χ1) is 9.65. The molecule has 1 heterocycles. The van der Waals surface area contributed by atoms with Crippen LogP contribution in [0.4, 0.5) is 0 Å². The maximum atomic E-state index is 12.3. The lowest BCUT2D eigenvalue weighted by Gasteiger charge is -2.05. The molecular formula is C15H10O5. The molecule has 0 saturated carbocycles. The number of hydrogen-bond acceptors (Lipinski definition) is 4. The summed E-state index contributed by atoms with van der Waals surface area (Å²) in [5, 5.41) is 9.43. The van der Waals surface area contributed by atoms with E-state index in [9.17, 15) is 9.59 Å². The molecule has 0 radical (unpaired) electrons. The van der Waals surface area contributed by atoms with E-state index < -0.39 is 12.6 Å². The fraction of sp³-hybridized carbons (Fsp3) is 0.0667. The molecule has 0 spiro atoms. The van der Waals surface area contributed by atoms with Crippen molar-refractivity contribution in [3.8, 4) is 5.75 Å². The van der Waals surface area contributed by atoms with Gasteiger partial charge in [-0.2, -0.15) is 0 Å². The summed E-state index contributed by atoms with van der Waals surface area (Å²) in [7, 11) is 0. The second kappa shape index (κ2) is 4.70. The lowest BCUT2D eigenvalue weighted by Crippen LogP contribution is -2.10. The van der Waals surface area contributed by atoms with Gasteiger partial charge in [-0.25, -0.2) is 4.79 Å². The highest BCUT2D eigenvalue weighted by Crippen LogP contribution is 2.22. The summed E-state index contributed by atoms with van der Waals surface area (Å²) in [5.74, 6) is -0.752. The van der Waals surface area contributed by atoms with Crippen LogP contribution in [0.25, 0.3) is 21.9 Å². The number of carboxylic acid groups (broad SMARTS) is 1. The van der Waals surface area contributed by atoms with E-state index >= 15 is 0 Å². The third kappa shape index (κ3) is 2.09. The third-order valence-electron chi connectivity index (χ3n) is 2.91. The highest BCUT2D eigenvalue weighted by Gasteiger charge is 2.08. The lowest BCUT2D eigenvalue weighted by molar-refractivity contribution is -0.139. The maximum absolute atomic E-state index is 12.3. The highest BCUT2D eigenvalue weighted by atomic mass is 16.5. The molecule has 20 heavy (non-hydrogen) atoms. The predicted octanol–water partition coefficient (Wildman–Crippen LogP) is 2.41. The first-order valence-electron chi connectivity index (χ1n) is 5.95. The Labute approximate surface area is 113 Å². The van der Waals surface area contributed by atoms with Crippen LogP contribution >= 0.6 is 0 Å². The Morgan fingerprint density at radius 2 is 1.85 bits per heavy atom. The van der Waals surface area contributed by atoms with E-state index in [4.69, 9.17) is 14.3 Å². The molecule has 1 aromatic heterocycles. The monoisotopic (exact) mass is 270 g/mol. The fourth-order valence-electron chi connectivity index (χ4n) is 2.02. The Balaban J connectivity index is 2.18. The van der Waals surface area contributed by atoms with Crippen LogP contribution in [0, 0.1) is 0 Å². The fourth-order valence-corrected chi connectivity index (χ4v) is 2.02. The molecule has 2 aromatic carbocycles. The number of rotatable bonds is 3. The van der Waals surface area contributed by atoms with Gasteiger partial charge in [0.2, 0.25) is 5.43 Å². The Bertz CT molecular complexity index is 863. The summed E-state index contributed by atoms with van der Waals surface area (Å²) >= 11 is 0. The Kier molecular flexibility index (Phi) is 2.87. The minimum atomic E-state index is -1.07. The Morgan fingerprint density at radius 1 is 1.10 bits per heavy atom. The summed E-state index contributed by atoms with van der Waals surface area (Å²) in [5.41, 5.74) is 0.795. The first kappa shape index (κ1) is 12.2. The summed E-state index contributed by atoms with van der Waals surface area (Å²) < 4.78 is 10.7. The quantitative estimate of drug-likeness (QED) is 0.739. The van der Waals surface area contributed by atoms with Crippen LogP contribution in [0.2, 0.25) is 0 Å². The number of carboxylic acids is 1. The number of aliphatic carboxylic acids is 1. The van der Waals surface area contributed by atoms with Crippen LogP contribution in [0.15, 0.2) is 51.7 Å². The zero-order valence-corrected chi connectivity index (χ0v) is 10.3. The Hall–Kier alpha value is -2.82. The van der Waals surface area contributed by atoms with Crippen molar-refractivity contribution in [2.24, 2.45) is 0 Å². The molecule has 3 aromatic rings. The smallest absolute Gasteiger partial charge is 0.341 e. The average Bonchev–Trinajstić information content (AvgIpc) is 2.46. The van der Waals surface area contributed by atoms with Crippen molar-refractivity contribution in [3.05, 3.63) is 52.7 Å². The molecule has 0 bridgehead atoms. The molecule has 5 nitrogen and oxygen atoms in total. The molecule has 0 aliphatic carbocycles. The molecule has 0 aliphatic rings. The van der Waals surface area contributed by atoms with E-state index in [-0.39, 0.29) is 5.43 Å². The normalized spacial score (nSPS) is 10.8. The van der Waals surface area contributed by atoms with Gasteiger partial charge in [0.25, 0.3) is 0 Å². The largest absolute Gasteiger partial charge is 0.482 e. The first-order valence-corrected chi connectivity index (χ1v) is 5.95. The molecule has 0 unspecified atom stereocenters. The molecule has 5 heteroatoms. The lowest BCUT2D eigenvalue weighted by atomic mass is 10.1. The van der Waals surface area contributed by atoms with E-state index in [1.807, 2.05) is 0 Å². The van der Waals surface area contributed by atoms with Crippen LogP contribution in [-0.4, -0.2) is 17.7 Å². The minimum Gasteiger partial charge on any atom is -0.482 e. The molecule has 1 N–H and O–H groups in total. The van der Waals surface area contributed by atoms with E-state index in [2.05, 4.69) is 0 Å². The van der Waals surface area contributed by atoms with Crippen molar-refractivity contribution in [3.63, 3.8) is 0 Å². The standard InChI is InChI=1S/C15H10O5/c16-14(17)8-19-9-5-6-13-11(7-9)15(18)10-3-1-2-4-12(10)20-13/h1-7H,8H2,(H,16,17). The highest BCUT2D eigenvalue weighted by molar-refractivity contribution is 5.90. The van der Waals surface area contributed by atoms with Crippen molar-refractivity contribution in [2.45, 2.75) is 0 Å². The molecule has 3 rings (SSSR count). The second-order valence-corrected chi connectivity index (χ2v) is 4.27. The summed E-state index contributed by atoms with van der Waals surface area (Å²) in [6.07, 6.45) is 0. The molecule has 0 aliphatic heterocycles. The van der Waals surface area contributed by atoms with Crippen LogP contribution in [0.5, 0.6) is 5.75 Å². The van der Waals surface area contributed by atoms with Crippen molar-refractivity contribution in [1.82, 2.24) is 0 Å². The zero-order chi connectivity index (χ0) is 14.1. The van der Waals surface area contributed by atoms with Gasteiger partial charge in [0.05, 0.1) is 10.8 Å². The Morgan fingerprint density at radius 3 is 2.65 bits per heavy atom. The number of hydrogen-bond donors (Lipinski definition) is 1. The summed E-state index contributed by atoms with van der Waals surface area (Å²) in [6.45, 7) is -0.454. The van der Waals surface area contributed by atoms with Crippen molar-refractivity contribution < 1.29 is 19.1 Å². The molecule has 0 saturated heterocycles. The summed E-state index contributed by atoms with van der Waals surface area (Å²) in [6, 6.07) is 11.6. The van der Waals surface area contributed by atoms with Gasteiger partial charge in [0, 0.05) is 0 Å². The predicted molar refractivity (Wildman–Crippen MR) is 73.1 cm³/mol. The number of ether oxygens (including phenoxy) is 1. The van der Waals surface area contributed by atoms with Gasteiger partial charge in [0.1, 0.15) is 16.9 Å². The van der Waals surface area contributed by atoms with E-state index in [1.165, 1.54) is 6.07 Å². The van der Waals surface area contributed by atoms with Gasteiger partial charge >= 0.3 is 5.97 Å². The third-order valence-corrected chi connectivity index (χ3v) is 2.91. The van der Waals surface area contributed by atoms with Crippen LogP contribution < -0.4 is 10.2 Å². The topological polar surface area (TPSA) is 76.7 Å². The molecule has 100 valence electrons. The van der Waals surface area contributed by atoms with Gasteiger partial charge in [-0.05, 0) is 30.3 Å². The van der Waals surface area contributed by atoms with E-state index in [0.717, 1.165) is 0 Å². The molecular weight excluding hydrogens is 260 g/mol. The van der Waals surface area contributed by atoms with E-state index in [1.54, 1.807) is 36.4 Å². The average molecular weight is 270 g/mol. The van der Waals surface area contributed by atoms with Gasteiger partial charge in [-0.15, -0.1) is 0 Å². The van der Waals surface area contributed by atoms with Crippen LogP contribution in [0.3, 0.4) is 0 Å². The number of fused-ring (bicyclic) bond motifs is 2. The minimum absolute atomic E-state index is 0.164. The summed E-state index contributed by atoms with van der Waals surface area (Å²) in [4.78, 5) is 22.8. The number of para-hydroxylation sites is 1. The SMILES string of the molecule is O=C(O)COc1ccc2oc3ccccc3c(=O)c2c1. The number of carbonyl (C=O) groups is 1. The maximum Gasteiger partial charge on any atom is 0.341 e. The van der Waals surface area contributed by atoms with Gasteiger partial charge < -0.3 is 14.3 Å². The van der Waals surface area contributed by atoms with Crippen LogP contribution in [-0.2, 0) is 4.79 Å². The van der Waals surface area contributed by atoms with Crippen molar-refractivity contribution in [2.75, 3.05) is 6.61 Å². The van der Waals surface area contributed by atoms with Crippen molar-refractivity contribution in [1.29, 1.82) is 0 Å². The second-order valence-electron chi connectivity index (χ2n) is 4.27. The van der Waals surface area contributed by atoms with E-state index in [0.29, 0.717) is 27.7 Å². The molecule has 0 atom stereocenters. The van der Waals surface area contributed by atoms with Gasteiger partial charge in [-0.3, -0.25) is 4.79 Å². The number of benzene rings is 2. The van der Waals surface area contributed by atoms with Crippen molar-refractivity contribution >= 4 is 27.9 Å². The zero-order valence-electron chi connectivity index (χ0n) is 10.3. The molecule has 0 fully saturated rings. The molecule has 0 amide bonds. The van der Waals surface area contributed by atoms with Crippen LogP contribution in [0.1, 0.15) is 0 Å².